The van der Waals surface area contributed by atoms with E-state index in [9.17, 15) is 4.79 Å². The maximum Gasteiger partial charge on any atom is 0.263 e. The number of benzene rings is 1. The number of hydrazine groups is 1. The summed E-state index contributed by atoms with van der Waals surface area (Å²) in [5.74, 6) is 1.02. The summed E-state index contributed by atoms with van der Waals surface area (Å²) in [6.45, 7) is 0. The molecule has 1 aliphatic rings. The van der Waals surface area contributed by atoms with Gasteiger partial charge in [-0.25, -0.2) is 0 Å². The largest absolute Gasteiger partial charge is 0.461 e. The first-order valence-electron chi connectivity index (χ1n) is 6.04. The number of amides is 1. The Bertz CT molecular complexity index is 590. The van der Waals surface area contributed by atoms with E-state index >= 15 is 0 Å². The molecular formula is C14H13N3O2. The van der Waals surface area contributed by atoms with Crippen molar-refractivity contribution in [3.05, 3.63) is 60.1 Å². The minimum atomic E-state index is -0.441. The molecule has 96 valence electrons. The molecule has 2 aromatic rings. The van der Waals surface area contributed by atoms with Gasteiger partial charge < -0.3 is 4.42 Å². The van der Waals surface area contributed by atoms with Gasteiger partial charge in [-0.05, 0) is 17.7 Å². The molecule has 0 bridgehead atoms. The first-order valence-corrected chi connectivity index (χ1v) is 6.04. The summed E-state index contributed by atoms with van der Waals surface area (Å²) in [5.41, 5.74) is 6.43. The van der Waals surface area contributed by atoms with Gasteiger partial charge in [-0.1, -0.05) is 30.3 Å². The van der Waals surface area contributed by atoms with Crippen LogP contribution in [0, 0.1) is 0 Å². The topological polar surface area (TPSA) is 66.6 Å². The fourth-order valence-corrected chi connectivity index (χ4v) is 1.97. The zero-order chi connectivity index (χ0) is 13.1. The standard InChI is InChI=1S/C14H13N3O2/c18-14-11(9-10-5-2-1-3-6-10)15-13(16-17-14)12-7-4-8-19-12/h1-8,11H,9H2,(H,15,16)(H,17,18). The van der Waals surface area contributed by atoms with E-state index in [2.05, 4.69) is 15.8 Å². The predicted octanol–water partition coefficient (Wildman–Crippen LogP) is 1.27. The smallest absolute Gasteiger partial charge is 0.263 e. The van der Waals surface area contributed by atoms with E-state index in [4.69, 9.17) is 4.42 Å². The summed E-state index contributed by atoms with van der Waals surface area (Å²) in [7, 11) is 0. The lowest BCUT2D eigenvalue weighted by atomic mass is 10.1. The average Bonchev–Trinajstić information content (AvgIpc) is 2.96. The van der Waals surface area contributed by atoms with Gasteiger partial charge in [0.05, 0.1) is 6.26 Å². The van der Waals surface area contributed by atoms with Crippen LogP contribution in [0.2, 0.25) is 0 Å². The Kier molecular flexibility index (Phi) is 3.02. The highest BCUT2D eigenvalue weighted by Crippen LogP contribution is 2.10. The van der Waals surface area contributed by atoms with Gasteiger partial charge in [0.2, 0.25) is 0 Å². The second-order valence-electron chi connectivity index (χ2n) is 4.27. The van der Waals surface area contributed by atoms with Gasteiger partial charge in [-0.3, -0.25) is 20.6 Å². The number of hydrogen-bond acceptors (Lipinski definition) is 4. The van der Waals surface area contributed by atoms with Crippen LogP contribution in [-0.4, -0.2) is 17.8 Å². The highest BCUT2D eigenvalue weighted by atomic mass is 16.3. The van der Waals surface area contributed by atoms with Crippen LogP contribution >= 0.6 is 0 Å². The molecule has 0 radical (unpaired) electrons. The number of rotatable bonds is 3. The second-order valence-corrected chi connectivity index (χ2v) is 4.27. The van der Waals surface area contributed by atoms with E-state index in [1.807, 2.05) is 30.3 Å². The van der Waals surface area contributed by atoms with Crippen molar-refractivity contribution in [3.63, 3.8) is 0 Å². The Balaban J connectivity index is 1.83. The molecule has 1 aromatic heterocycles. The Hall–Kier alpha value is -2.56. The molecule has 2 N–H and O–H groups in total. The lowest BCUT2D eigenvalue weighted by Crippen LogP contribution is -2.51. The van der Waals surface area contributed by atoms with Gasteiger partial charge in [0.15, 0.2) is 11.6 Å². The minimum absolute atomic E-state index is 0.140. The number of furan rings is 1. The third-order valence-corrected chi connectivity index (χ3v) is 2.92. The quantitative estimate of drug-likeness (QED) is 0.868. The molecule has 5 nitrogen and oxygen atoms in total. The van der Waals surface area contributed by atoms with Crippen molar-refractivity contribution >= 4 is 11.7 Å². The van der Waals surface area contributed by atoms with E-state index < -0.39 is 6.04 Å². The highest BCUT2D eigenvalue weighted by Gasteiger charge is 2.24. The number of nitrogens with zero attached hydrogens (tertiary/aromatic N) is 1. The summed E-state index contributed by atoms with van der Waals surface area (Å²) in [5, 5.41) is 0. The van der Waals surface area contributed by atoms with E-state index in [0.29, 0.717) is 18.0 Å². The van der Waals surface area contributed by atoms with Gasteiger partial charge in [0.25, 0.3) is 5.91 Å². The second kappa shape index (κ2) is 4.97. The summed E-state index contributed by atoms with van der Waals surface area (Å²) in [4.78, 5) is 16.2. The van der Waals surface area contributed by atoms with Gasteiger partial charge in [-0.2, -0.15) is 0 Å². The van der Waals surface area contributed by atoms with Crippen LogP contribution in [0.1, 0.15) is 11.3 Å². The molecule has 19 heavy (non-hydrogen) atoms. The van der Waals surface area contributed by atoms with Crippen molar-refractivity contribution in [3.8, 4) is 0 Å². The third-order valence-electron chi connectivity index (χ3n) is 2.92. The molecule has 0 spiro atoms. The normalized spacial score (nSPS) is 18.4. The predicted molar refractivity (Wildman–Crippen MR) is 70.5 cm³/mol. The van der Waals surface area contributed by atoms with Gasteiger partial charge in [0, 0.05) is 6.42 Å². The molecule has 0 saturated carbocycles. The molecule has 2 heterocycles. The van der Waals surface area contributed by atoms with Crippen molar-refractivity contribution < 1.29 is 9.21 Å². The fourth-order valence-electron chi connectivity index (χ4n) is 1.97. The van der Waals surface area contributed by atoms with Crippen molar-refractivity contribution in [1.82, 2.24) is 10.9 Å². The Morgan fingerprint density at radius 1 is 1.11 bits per heavy atom. The number of aliphatic imine (C=N–C) groups is 1. The van der Waals surface area contributed by atoms with Crippen molar-refractivity contribution in [2.45, 2.75) is 12.5 Å². The maximum atomic E-state index is 11.8. The number of carbonyl (C=O) groups is 1. The molecule has 0 saturated heterocycles. The van der Waals surface area contributed by atoms with Crippen LogP contribution in [0.4, 0.5) is 0 Å². The highest BCUT2D eigenvalue weighted by molar-refractivity contribution is 6.01. The van der Waals surface area contributed by atoms with Crippen molar-refractivity contribution in [2.75, 3.05) is 0 Å². The number of amidine groups is 1. The summed E-state index contributed by atoms with van der Waals surface area (Å²) in [6.07, 6.45) is 2.14. The number of carbonyl (C=O) groups excluding carboxylic acids is 1. The van der Waals surface area contributed by atoms with E-state index in [-0.39, 0.29) is 5.91 Å². The van der Waals surface area contributed by atoms with Crippen LogP contribution < -0.4 is 10.9 Å². The molecule has 1 amide bonds. The van der Waals surface area contributed by atoms with Crippen LogP contribution in [0.15, 0.2) is 58.1 Å². The summed E-state index contributed by atoms with van der Waals surface area (Å²) >= 11 is 0. The molecule has 1 aliphatic heterocycles. The molecule has 1 aromatic carbocycles. The monoisotopic (exact) mass is 255 g/mol. The maximum absolute atomic E-state index is 11.8. The Morgan fingerprint density at radius 2 is 1.95 bits per heavy atom. The lowest BCUT2D eigenvalue weighted by molar-refractivity contribution is -0.123. The van der Waals surface area contributed by atoms with Crippen LogP contribution in [0.5, 0.6) is 0 Å². The van der Waals surface area contributed by atoms with Crippen LogP contribution in [0.3, 0.4) is 0 Å². The third kappa shape index (κ3) is 2.49. The Morgan fingerprint density at radius 3 is 2.68 bits per heavy atom. The first kappa shape index (κ1) is 11.5. The molecule has 0 fully saturated rings. The van der Waals surface area contributed by atoms with Crippen LogP contribution in [-0.2, 0) is 11.2 Å². The zero-order valence-electron chi connectivity index (χ0n) is 10.2. The van der Waals surface area contributed by atoms with E-state index in [1.165, 1.54) is 0 Å². The number of hydrogen-bond donors (Lipinski definition) is 2. The van der Waals surface area contributed by atoms with Gasteiger partial charge in [0.1, 0.15) is 6.04 Å². The fraction of sp³-hybridized carbons (Fsp3) is 0.143. The van der Waals surface area contributed by atoms with Gasteiger partial charge in [-0.15, -0.1) is 0 Å². The van der Waals surface area contributed by atoms with Crippen molar-refractivity contribution in [2.24, 2.45) is 4.99 Å². The zero-order valence-corrected chi connectivity index (χ0v) is 10.2. The number of nitrogens with one attached hydrogen (secondary N) is 2. The van der Waals surface area contributed by atoms with Gasteiger partial charge >= 0.3 is 0 Å². The molecule has 3 rings (SSSR count). The van der Waals surface area contributed by atoms with E-state index in [1.54, 1.807) is 18.4 Å². The molecule has 1 unspecified atom stereocenters. The molecule has 5 heteroatoms. The molecular weight excluding hydrogens is 242 g/mol. The SMILES string of the molecule is O=C1NNC(c2ccco2)=NC1Cc1ccccc1. The average molecular weight is 255 g/mol. The molecule has 1 atom stereocenters. The summed E-state index contributed by atoms with van der Waals surface area (Å²) in [6, 6.07) is 12.9. The first-order chi connectivity index (χ1) is 9.33. The van der Waals surface area contributed by atoms with Crippen LogP contribution in [0.25, 0.3) is 0 Å². The minimum Gasteiger partial charge on any atom is -0.461 e. The van der Waals surface area contributed by atoms with Crippen molar-refractivity contribution in [1.29, 1.82) is 0 Å². The molecule has 0 aliphatic carbocycles. The lowest BCUT2D eigenvalue weighted by Gasteiger charge is -2.21. The van der Waals surface area contributed by atoms with E-state index in [0.717, 1.165) is 5.56 Å². The Labute approximate surface area is 110 Å². The summed E-state index contributed by atoms with van der Waals surface area (Å²) < 4.78 is 5.26.